The Balaban J connectivity index is 2.37. The van der Waals surface area contributed by atoms with Crippen molar-refractivity contribution in [3.05, 3.63) is 56.3 Å². The van der Waals surface area contributed by atoms with Crippen molar-refractivity contribution in [3.63, 3.8) is 0 Å². The van der Waals surface area contributed by atoms with E-state index in [1.54, 1.807) is 17.4 Å². The van der Waals surface area contributed by atoms with Gasteiger partial charge in [-0.2, -0.15) is 0 Å². The summed E-state index contributed by atoms with van der Waals surface area (Å²) in [6.45, 7) is 3.40. The first-order valence-corrected chi connectivity index (χ1v) is 7.58. The van der Waals surface area contributed by atoms with Crippen LogP contribution in [0.15, 0.2) is 35.7 Å². The average molecular weight is 320 g/mol. The van der Waals surface area contributed by atoms with Crippen LogP contribution in [0, 0.1) is 10.1 Å². The molecule has 1 aromatic heterocycles. The molecule has 0 aliphatic heterocycles. The van der Waals surface area contributed by atoms with Gasteiger partial charge < -0.3 is 9.64 Å². The van der Waals surface area contributed by atoms with Gasteiger partial charge >= 0.3 is 5.97 Å². The molecule has 0 amide bonds. The van der Waals surface area contributed by atoms with Crippen LogP contribution in [0.2, 0.25) is 0 Å². The van der Waals surface area contributed by atoms with Crippen LogP contribution in [0.4, 0.5) is 11.4 Å². The number of rotatable bonds is 6. The second kappa shape index (κ2) is 7.04. The Labute approximate surface area is 132 Å². The summed E-state index contributed by atoms with van der Waals surface area (Å²) in [6.07, 6.45) is 0. The maximum atomic E-state index is 11.8. The maximum absolute atomic E-state index is 11.8. The third-order valence-electron chi connectivity index (χ3n) is 3.26. The molecule has 0 N–H and O–H groups in total. The predicted octanol–water partition coefficient (Wildman–Crippen LogP) is 3.47. The van der Waals surface area contributed by atoms with Gasteiger partial charge in [0.1, 0.15) is 5.56 Å². The first kappa shape index (κ1) is 16.0. The highest BCUT2D eigenvalue weighted by atomic mass is 32.1. The third kappa shape index (κ3) is 3.43. The fraction of sp³-hybridized carbons (Fsp3) is 0.267. The Morgan fingerprint density at radius 2 is 2.18 bits per heavy atom. The van der Waals surface area contributed by atoms with Crippen molar-refractivity contribution in [3.8, 4) is 0 Å². The van der Waals surface area contributed by atoms with Crippen LogP contribution in [0.25, 0.3) is 0 Å². The monoisotopic (exact) mass is 320 g/mol. The Kier molecular flexibility index (Phi) is 5.11. The molecule has 6 nitrogen and oxygen atoms in total. The fourth-order valence-electron chi connectivity index (χ4n) is 2.13. The summed E-state index contributed by atoms with van der Waals surface area (Å²) in [5.41, 5.74) is 0.472. The molecule has 116 valence electrons. The molecule has 22 heavy (non-hydrogen) atoms. The Hall–Kier alpha value is -2.41. The standard InChI is InChI=1S/C15H16N2O4S/c1-3-16(10-12-5-4-8-22-12)11-6-7-14(17(19)20)13(9-11)15(18)21-2/h4-9H,3,10H2,1-2H3. The second-order valence-corrected chi connectivity index (χ2v) is 5.58. The first-order valence-electron chi connectivity index (χ1n) is 6.71. The van der Waals surface area contributed by atoms with Crippen molar-refractivity contribution < 1.29 is 14.5 Å². The molecule has 1 aromatic carbocycles. The number of nitrogens with zero attached hydrogens (tertiary/aromatic N) is 2. The number of carbonyl (C=O) groups excluding carboxylic acids is 1. The predicted molar refractivity (Wildman–Crippen MR) is 85.5 cm³/mol. The number of nitro benzene ring substituents is 1. The number of thiophene rings is 1. The summed E-state index contributed by atoms with van der Waals surface area (Å²) < 4.78 is 4.64. The molecule has 0 aliphatic carbocycles. The molecule has 0 fully saturated rings. The number of nitro groups is 1. The molecule has 0 saturated carbocycles. The minimum Gasteiger partial charge on any atom is -0.465 e. The smallest absolute Gasteiger partial charge is 0.344 e. The van der Waals surface area contributed by atoms with Gasteiger partial charge in [-0.05, 0) is 30.5 Å². The van der Waals surface area contributed by atoms with E-state index in [-0.39, 0.29) is 11.3 Å². The Morgan fingerprint density at radius 3 is 2.73 bits per heavy atom. The van der Waals surface area contributed by atoms with Crippen LogP contribution >= 0.6 is 11.3 Å². The van der Waals surface area contributed by atoms with Gasteiger partial charge in [-0.25, -0.2) is 4.79 Å². The molecule has 0 aliphatic rings. The van der Waals surface area contributed by atoms with Crippen LogP contribution in [-0.2, 0) is 11.3 Å². The van der Waals surface area contributed by atoms with Gasteiger partial charge in [0.2, 0.25) is 0 Å². The van der Waals surface area contributed by atoms with Gasteiger partial charge in [-0.1, -0.05) is 6.07 Å². The highest BCUT2D eigenvalue weighted by Crippen LogP contribution is 2.27. The van der Waals surface area contributed by atoms with E-state index < -0.39 is 10.9 Å². The van der Waals surface area contributed by atoms with Crippen molar-refractivity contribution in [1.29, 1.82) is 0 Å². The lowest BCUT2D eigenvalue weighted by molar-refractivity contribution is -0.385. The van der Waals surface area contributed by atoms with Gasteiger partial charge in [0.05, 0.1) is 18.6 Å². The van der Waals surface area contributed by atoms with E-state index in [2.05, 4.69) is 4.74 Å². The van der Waals surface area contributed by atoms with E-state index in [0.717, 1.165) is 12.2 Å². The molecule has 0 unspecified atom stereocenters. The lowest BCUT2D eigenvalue weighted by Gasteiger charge is -2.22. The Bertz CT molecular complexity index is 670. The molecule has 0 saturated heterocycles. The number of hydrogen-bond acceptors (Lipinski definition) is 6. The number of hydrogen-bond donors (Lipinski definition) is 0. The highest BCUT2D eigenvalue weighted by Gasteiger charge is 2.22. The van der Waals surface area contributed by atoms with Crippen LogP contribution in [0.1, 0.15) is 22.2 Å². The molecule has 2 aromatic rings. The van der Waals surface area contributed by atoms with Gasteiger partial charge in [-0.15, -0.1) is 11.3 Å². The van der Waals surface area contributed by atoms with Crippen molar-refractivity contribution in [2.75, 3.05) is 18.6 Å². The molecule has 7 heteroatoms. The molecule has 0 bridgehead atoms. The first-order chi connectivity index (χ1) is 10.6. The van der Waals surface area contributed by atoms with E-state index in [1.807, 2.05) is 29.3 Å². The molecule has 0 radical (unpaired) electrons. The largest absolute Gasteiger partial charge is 0.465 e. The minimum absolute atomic E-state index is 0.0328. The zero-order valence-electron chi connectivity index (χ0n) is 12.3. The number of ether oxygens (including phenoxy) is 1. The van der Waals surface area contributed by atoms with Gasteiger partial charge in [0.25, 0.3) is 5.69 Å². The van der Waals surface area contributed by atoms with E-state index in [4.69, 9.17) is 0 Å². The minimum atomic E-state index is -0.708. The lowest BCUT2D eigenvalue weighted by atomic mass is 10.1. The summed E-state index contributed by atoms with van der Waals surface area (Å²) in [6, 6.07) is 8.52. The number of benzene rings is 1. The zero-order valence-corrected chi connectivity index (χ0v) is 13.1. The van der Waals surface area contributed by atoms with E-state index >= 15 is 0 Å². The van der Waals surface area contributed by atoms with Crippen LogP contribution < -0.4 is 4.90 Å². The molecule has 0 spiro atoms. The van der Waals surface area contributed by atoms with Crippen LogP contribution in [0.5, 0.6) is 0 Å². The number of methoxy groups -OCH3 is 1. The zero-order chi connectivity index (χ0) is 16.1. The summed E-state index contributed by atoms with van der Waals surface area (Å²) in [5.74, 6) is -0.708. The second-order valence-electron chi connectivity index (χ2n) is 4.54. The number of esters is 1. The van der Waals surface area contributed by atoms with Crippen molar-refractivity contribution in [1.82, 2.24) is 0 Å². The fourth-order valence-corrected chi connectivity index (χ4v) is 2.85. The van der Waals surface area contributed by atoms with Crippen LogP contribution in [-0.4, -0.2) is 24.5 Å². The number of anilines is 1. The SMILES string of the molecule is CCN(Cc1cccs1)c1ccc([N+](=O)[O-])c(C(=O)OC)c1. The molecular weight excluding hydrogens is 304 g/mol. The van der Waals surface area contributed by atoms with Crippen molar-refractivity contribution in [2.24, 2.45) is 0 Å². The number of carbonyl (C=O) groups is 1. The summed E-state index contributed by atoms with van der Waals surface area (Å²) in [7, 11) is 1.21. The van der Waals surface area contributed by atoms with Gasteiger partial charge in [0.15, 0.2) is 0 Å². The van der Waals surface area contributed by atoms with Crippen LogP contribution in [0.3, 0.4) is 0 Å². The quantitative estimate of drug-likeness (QED) is 0.463. The third-order valence-corrected chi connectivity index (χ3v) is 4.12. The van der Waals surface area contributed by atoms with Crippen molar-refractivity contribution in [2.45, 2.75) is 13.5 Å². The Morgan fingerprint density at radius 1 is 1.41 bits per heavy atom. The summed E-state index contributed by atoms with van der Waals surface area (Å²) >= 11 is 1.64. The summed E-state index contributed by atoms with van der Waals surface area (Å²) in [5, 5.41) is 13.0. The maximum Gasteiger partial charge on any atom is 0.344 e. The molecule has 1 heterocycles. The lowest BCUT2D eigenvalue weighted by Crippen LogP contribution is -2.22. The van der Waals surface area contributed by atoms with E-state index in [9.17, 15) is 14.9 Å². The summed E-state index contributed by atoms with van der Waals surface area (Å²) in [4.78, 5) is 25.5. The average Bonchev–Trinajstić information content (AvgIpc) is 3.04. The normalized spacial score (nSPS) is 10.3. The van der Waals surface area contributed by atoms with Gasteiger partial charge in [0, 0.05) is 23.2 Å². The van der Waals surface area contributed by atoms with Crippen molar-refractivity contribution >= 4 is 28.7 Å². The van der Waals surface area contributed by atoms with Gasteiger partial charge in [-0.3, -0.25) is 10.1 Å². The van der Waals surface area contributed by atoms with E-state index in [1.165, 1.54) is 24.1 Å². The highest BCUT2D eigenvalue weighted by molar-refractivity contribution is 7.09. The molecule has 0 atom stereocenters. The molecule has 2 rings (SSSR count). The van der Waals surface area contributed by atoms with E-state index in [0.29, 0.717) is 6.54 Å². The molecular formula is C15H16N2O4S. The topological polar surface area (TPSA) is 72.7 Å².